The number of ether oxygens (including phenoxy) is 1. The van der Waals surface area contributed by atoms with Gasteiger partial charge < -0.3 is 14.5 Å². The third-order valence-corrected chi connectivity index (χ3v) is 4.79. The molecule has 0 saturated carbocycles. The first-order chi connectivity index (χ1) is 12.8. The van der Waals surface area contributed by atoms with Gasteiger partial charge in [-0.2, -0.15) is 0 Å². The molecule has 2 amide bonds. The summed E-state index contributed by atoms with van der Waals surface area (Å²) in [6.07, 6.45) is 3.86. The minimum absolute atomic E-state index is 0.0890. The van der Waals surface area contributed by atoms with Gasteiger partial charge in [-0.3, -0.25) is 9.69 Å². The second-order valence-electron chi connectivity index (χ2n) is 8.03. The number of aromatic nitrogens is 1. The van der Waals surface area contributed by atoms with E-state index in [4.69, 9.17) is 4.74 Å². The zero-order valence-electron chi connectivity index (χ0n) is 16.4. The maximum atomic E-state index is 12.2. The molecule has 1 unspecified atom stereocenters. The van der Waals surface area contributed by atoms with Gasteiger partial charge in [0.1, 0.15) is 11.4 Å². The summed E-state index contributed by atoms with van der Waals surface area (Å²) in [5.74, 6) is 0.964. The van der Waals surface area contributed by atoms with Crippen LogP contribution in [0.25, 0.3) is 0 Å². The smallest absolute Gasteiger partial charge is 0.410 e. The molecule has 2 saturated heterocycles. The van der Waals surface area contributed by atoms with Crippen molar-refractivity contribution in [2.75, 3.05) is 42.5 Å². The molecule has 0 N–H and O–H groups in total. The highest BCUT2D eigenvalue weighted by molar-refractivity contribution is 5.95. The van der Waals surface area contributed by atoms with Gasteiger partial charge in [-0.1, -0.05) is 6.08 Å². The summed E-state index contributed by atoms with van der Waals surface area (Å²) in [5.41, 5.74) is 0.514. The molecule has 3 heterocycles. The van der Waals surface area contributed by atoms with Crippen LogP contribution in [0.2, 0.25) is 0 Å². The predicted octanol–water partition coefficient (Wildman–Crippen LogP) is 2.68. The number of hydrogen-bond donors (Lipinski definition) is 0. The van der Waals surface area contributed by atoms with E-state index in [0.29, 0.717) is 31.9 Å². The van der Waals surface area contributed by atoms with Gasteiger partial charge in [-0.05, 0) is 32.9 Å². The lowest BCUT2D eigenvalue weighted by Gasteiger charge is -2.36. The average molecular weight is 372 g/mol. The van der Waals surface area contributed by atoms with E-state index < -0.39 is 5.60 Å². The molecule has 0 aliphatic carbocycles. The number of rotatable bonds is 3. The fourth-order valence-corrected chi connectivity index (χ4v) is 3.31. The fourth-order valence-electron chi connectivity index (χ4n) is 3.31. The number of hydrogen-bond acceptors (Lipinski definition) is 5. The summed E-state index contributed by atoms with van der Waals surface area (Å²) in [6.45, 7) is 12.7. The van der Waals surface area contributed by atoms with Crippen LogP contribution in [0.1, 0.15) is 27.2 Å². The highest BCUT2D eigenvalue weighted by Gasteiger charge is 2.30. The number of carbonyl (C=O) groups excluding carboxylic acids is 2. The van der Waals surface area contributed by atoms with Crippen LogP contribution in [0, 0.1) is 5.92 Å². The molecule has 146 valence electrons. The third-order valence-electron chi connectivity index (χ3n) is 4.79. The first kappa shape index (κ1) is 19.2. The average Bonchev–Trinajstić information content (AvgIpc) is 3.01. The van der Waals surface area contributed by atoms with Gasteiger partial charge in [0.05, 0.1) is 11.9 Å². The highest BCUT2D eigenvalue weighted by atomic mass is 16.6. The number of pyridine rings is 1. The summed E-state index contributed by atoms with van der Waals surface area (Å²) in [7, 11) is 0. The standard InChI is InChI=1S/C20H28N4O3/c1-5-15-12-18(25)24(14-15)17-7-6-16(13-21-17)22-8-10-23(11-9-22)19(26)27-20(2,3)4/h5-7,13,15H,1,8-12,14H2,2-4H3. The summed E-state index contributed by atoms with van der Waals surface area (Å²) in [5, 5.41) is 0. The van der Waals surface area contributed by atoms with Crippen molar-refractivity contribution in [3.05, 3.63) is 31.0 Å². The number of piperazine rings is 1. The molecule has 2 aliphatic heterocycles. The Kier molecular flexibility index (Phi) is 5.39. The second kappa shape index (κ2) is 7.58. The van der Waals surface area contributed by atoms with E-state index in [1.807, 2.05) is 39.0 Å². The Labute approximate surface area is 160 Å². The summed E-state index contributed by atoms with van der Waals surface area (Å²) >= 11 is 0. The Morgan fingerprint density at radius 1 is 1.26 bits per heavy atom. The first-order valence-electron chi connectivity index (χ1n) is 9.38. The van der Waals surface area contributed by atoms with Crippen molar-refractivity contribution in [2.24, 2.45) is 5.92 Å². The molecular weight excluding hydrogens is 344 g/mol. The molecule has 0 radical (unpaired) electrons. The van der Waals surface area contributed by atoms with E-state index in [1.165, 1.54) is 0 Å². The zero-order valence-corrected chi connectivity index (χ0v) is 16.4. The summed E-state index contributed by atoms with van der Waals surface area (Å²) in [4.78, 5) is 34.4. The summed E-state index contributed by atoms with van der Waals surface area (Å²) in [6, 6.07) is 3.87. The molecule has 1 atom stereocenters. The van der Waals surface area contributed by atoms with E-state index in [1.54, 1.807) is 16.0 Å². The van der Waals surface area contributed by atoms with Crippen molar-refractivity contribution in [3.63, 3.8) is 0 Å². The molecule has 0 aromatic carbocycles. The SMILES string of the molecule is C=CC1CC(=O)N(c2ccc(N3CCN(C(=O)OC(C)(C)C)CC3)cn2)C1. The lowest BCUT2D eigenvalue weighted by Crippen LogP contribution is -2.50. The zero-order chi connectivity index (χ0) is 19.6. The van der Waals surface area contributed by atoms with Crippen LogP contribution >= 0.6 is 0 Å². The predicted molar refractivity (Wildman–Crippen MR) is 105 cm³/mol. The highest BCUT2D eigenvalue weighted by Crippen LogP contribution is 2.26. The monoisotopic (exact) mass is 372 g/mol. The van der Waals surface area contributed by atoms with E-state index in [-0.39, 0.29) is 17.9 Å². The van der Waals surface area contributed by atoms with Gasteiger partial charge in [-0.25, -0.2) is 9.78 Å². The lowest BCUT2D eigenvalue weighted by atomic mass is 10.1. The Morgan fingerprint density at radius 3 is 2.48 bits per heavy atom. The Balaban J connectivity index is 1.57. The van der Waals surface area contributed by atoms with Gasteiger partial charge in [0, 0.05) is 45.1 Å². The van der Waals surface area contributed by atoms with Crippen LogP contribution in [-0.4, -0.2) is 60.2 Å². The molecule has 1 aromatic rings. The van der Waals surface area contributed by atoms with E-state index in [2.05, 4.69) is 16.5 Å². The summed E-state index contributed by atoms with van der Waals surface area (Å²) < 4.78 is 5.43. The molecule has 27 heavy (non-hydrogen) atoms. The number of anilines is 2. The molecular formula is C20H28N4O3. The minimum Gasteiger partial charge on any atom is -0.444 e. The van der Waals surface area contributed by atoms with E-state index in [9.17, 15) is 9.59 Å². The van der Waals surface area contributed by atoms with E-state index in [0.717, 1.165) is 18.8 Å². The van der Waals surface area contributed by atoms with Crippen LogP contribution in [0.4, 0.5) is 16.3 Å². The molecule has 0 bridgehead atoms. The normalized spacial score (nSPS) is 20.8. The number of amides is 2. The van der Waals surface area contributed by atoms with E-state index >= 15 is 0 Å². The molecule has 2 aliphatic rings. The fraction of sp³-hybridized carbons (Fsp3) is 0.550. The first-order valence-corrected chi connectivity index (χ1v) is 9.38. The lowest BCUT2D eigenvalue weighted by molar-refractivity contribution is -0.117. The Bertz CT molecular complexity index is 703. The van der Waals surface area contributed by atoms with Gasteiger partial charge in [0.15, 0.2) is 0 Å². The van der Waals surface area contributed by atoms with Crippen LogP contribution in [0.15, 0.2) is 31.0 Å². The number of carbonyl (C=O) groups is 2. The Hall–Kier alpha value is -2.57. The van der Waals surface area contributed by atoms with Crippen molar-refractivity contribution in [1.29, 1.82) is 0 Å². The van der Waals surface area contributed by atoms with Crippen LogP contribution in [0.5, 0.6) is 0 Å². The Morgan fingerprint density at radius 2 is 1.96 bits per heavy atom. The van der Waals surface area contributed by atoms with Crippen molar-refractivity contribution in [2.45, 2.75) is 32.8 Å². The van der Waals surface area contributed by atoms with Gasteiger partial charge in [-0.15, -0.1) is 6.58 Å². The molecule has 2 fully saturated rings. The van der Waals surface area contributed by atoms with Gasteiger partial charge in [0.2, 0.25) is 5.91 Å². The molecule has 0 spiro atoms. The number of nitrogens with zero attached hydrogens (tertiary/aromatic N) is 4. The molecule has 7 nitrogen and oxygen atoms in total. The maximum Gasteiger partial charge on any atom is 0.410 e. The van der Waals surface area contributed by atoms with Crippen molar-refractivity contribution in [1.82, 2.24) is 9.88 Å². The van der Waals surface area contributed by atoms with Gasteiger partial charge >= 0.3 is 6.09 Å². The maximum absolute atomic E-state index is 12.2. The van der Waals surface area contributed by atoms with Crippen LogP contribution in [0.3, 0.4) is 0 Å². The van der Waals surface area contributed by atoms with Crippen LogP contribution < -0.4 is 9.80 Å². The van der Waals surface area contributed by atoms with Gasteiger partial charge in [0.25, 0.3) is 0 Å². The minimum atomic E-state index is -0.481. The van der Waals surface area contributed by atoms with Crippen molar-refractivity contribution < 1.29 is 14.3 Å². The third kappa shape index (κ3) is 4.59. The molecule has 1 aromatic heterocycles. The van der Waals surface area contributed by atoms with Crippen molar-refractivity contribution in [3.8, 4) is 0 Å². The topological polar surface area (TPSA) is 66.0 Å². The molecule has 3 rings (SSSR count). The van der Waals surface area contributed by atoms with Crippen LogP contribution in [-0.2, 0) is 9.53 Å². The van der Waals surface area contributed by atoms with Crippen molar-refractivity contribution >= 4 is 23.5 Å². The largest absolute Gasteiger partial charge is 0.444 e. The second-order valence-corrected chi connectivity index (χ2v) is 8.03. The quantitative estimate of drug-likeness (QED) is 0.763. The molecule has 7 heteroatoms.